The molecule has 0 bridgehead atoms. The quantitative estimate of drug-likeness (QED) is 0.365. The van der Waals surface area contributed by atoms with Crippen LogP contribution in [0.4, 0.5) is 4.39 Å². The van der Waals surface area contributed by atoms with E-state index in [9.17, 15) is 17.4 Å². The molecule has 0 N–H and O–H groups in total. The Morgan fingerprint density at radius 3 is 2.00 bits per heavy atom. The van der Waals surface area contributed by atoms with Crippen LogP contribution in [0.5, 0.6) is 0 Å². The summed E-state index contributed by atoms with van der Waals surface area (Å²) in [6, 6.07) is 0. The van der Waals surface area contributed by atoms with Crippen molar-refractivity contribution in [2.75, 3.05) is 6.86 Å². The minimum Gasteiger partial charge on any atom is -0.725 e. The molecule has 0 aliphatic carbocycles. The molecule has 8 heavy (non-hydrogen) atoms. The van der Waals surface area contributed by atoms with Gasteiger partial charge in [0.1, 0.15) is 0 Å². The van der Waals surface area contributed by atoms with E-state index in [0.29, 0.717) is 0 Å². The van der Waals surface area contributed by atoms with E-state index in [1.807, 2.05) is 0 Å². The number of hydrogen-bond donors (Lipinski definition) is 0. The molecule has 0 aliphatic rings. The van der Waals surface area contributed by atoms with Crippen LogP contribution in [0.3, 0.4) is 0 Å². The van der Waals surface area contributed by atoms with Crippen LogP contribution in [-0.4, -0.2) is 19.8 Å². The molecular formula is CH2AgFO4S. The second-order valence-electron chi connectivity index (χ2n) is 0.635. The Morgan fingerprint density at radius 1 is 1.62 bits per heavy atom. The van der Waals surface area contributed by atoms with Crippen LogP contribution in [0.2, 0.25) is 0 Å². The topological polar surface area (TPSA) is 66.4 Å². The Bertz CT molecular complexity index is 129. The second kappa shape index (κ2) is 4.42. The summed E-state index contributed by atoms with van der Waals surface area (Å²) in [5, 5.41) is 0. The van der Waals surface area contributed by atoms with Crippen molar-refractivity contribution in [1.82, 2.24) is 0 Å². The smallest absolute Gasteiger partial charge is 0.725 e. The minimum atomic E-state index is -4.80. The summed E-state index contributed by atoms with van der Waals surface area (Å²) in [6.07, 6.45) is 0. The zero-order valence-corrected chi connectivity index (χ0v) is 5.73. The molecule has 0 rings (SSSR count). The van der Waals surface area contributed by atoms with Gasteiger partial charge in [0.15, 0.2) is 0 Å². The number of halogens is 1. The van der Waals surface area contributed by atoms with E-state index >= 15 is 0 Å². The second-order valence-corrected chi connectivity index (χ2v) is 1.69. The average Bonchev–Trinajstić information content (AvgIpc) is 1.30. The summed E-state index contributed by atoms with van der Waals surface area (Å²) in [5.41, 5.74) is 0. The Balaban J connectivity index is 0. The zero-order chi connectivity index (χ0) is 5.91. The van der Waals surface area contributed by atoms with Gasteiger partial charge in [0, 0.05) is 0 Å². The largest absolute Gasteiger partial charge is 1.00 e. The molecule has 0 aliphatic heterocycles. The number of alkyl halides is 1. The SMILES string of the molecule is O=S(=O)([O-])OCF.[Ag+]. The Morgan fingerprint density at radius 2 is 2.00 bits per heavy atom. The fourth-order valence-corrected chi connectivity index (χ4v) is 0.164. The predicted octanol–water partition coefficient (Wildman–Crippen LogP) is -0.612. The van der Waals surface area contributed by atoms with Gasteiger partial charge in [0.25, 0.3) is 0 Å². The Kier molecular flexibility index (Phi) is 6.27. The molecule has 0 aromatic rings. The van der Waals surface area contributed by atoms with Crippen molar-refractivity contribution in [2.24, 2.45) is 0 Å². The summed E-state index contributed by atoms with van der Waals surface area (Å²) in [6.45, 7) is -1.59. The summed E-state index contributed by atoms with van der Waals surface area (Å²) in [4.78, 5) is 0. The van der Waals surface area contributed by atoms with Crippen molar-refractivity contribution in [3.63, 3.8) is 0 Å². The molecule has 0 amide bonds. The molecule has 0 fully saturated rings. The maximum atomic E-state index is 10.7. The normalized spacial score (nSPS) is 10.2. The Hall–Kier alpha value is 0.540. The van der Waals surface area contributed by atoms with E-state index in [1.165, 1.54) is 0 Å². The third kappa shape index (κ3) is 9.74. The first kappa shape index (κ1) is 11.4. The minimum absolute atomic E-state index is 0. The van der Waals surface area contributed by atoms with E-state index in [-0.39, 0.29) is 22.4 Å². The van der Waals surface area contributed by atoms with Gasteiger partial charge in [-0.2, -0.15) is 0 Å². The van der Waals surface area contributed by atoms with Gasteiger partial charge < -0.3 is 4.55 Å². The molecule has 0 heterocycles. The van der Waals surface area contributed by atoms with Gasteiger partial charge in [-0.1, -0.05) is 0 Å². The van der Waals surface area contributed by atoms with E-state index in [0.717, 1.165) is 0 Å². The van der Waals surface area contributed by atoms with Gasteiger partial charge in [-0.3, -0.25) is 0 Å². The molecule has 0 unspecified atom stereocenters. The molecule has 0 spiro atoms. The Labute approximate surface area is 61.5 Å². The number of rotatable bonds is 2. The first-order valence-electron chi connectivity index (χ1n) is 1.22. The van der Waals surface area contributed by atoms with Crippen molar-refractivity contribution in [3.05, 3.63) is 0 Å². The number of hydrogen-bond acceptors (Lipinski definition) is 4. The van der Waals surface area contributed by atoms with E-state index in [1.54, 1.807) is 0 Å². The maximum absolute atomic E-state index is 10.7. The van der Waals surface area contributed by atoms with Crippen LogP contribution in [0.15, 0.2) is 0 Å². The molecule has 0 saturated heterocycles. The summed E-state index contributed by atoms with van der Waals surface area (Å²) >= 11 is 0. The molecule has 0 saturated carbocycles. The van der Waals surface area contributed by atoms with Gasteiger partial charge in [0.2, 0.25) is 17.3 Å². The van der Waals surface area contributed by atoms with Gasteiger partial charge in [-0.05, 0) is 0 Å². The fourth-order valence-electron chi connectivity index (χ4n) is 0.0546. The molecular weight excluding hydrogens is 235 g/mol. The molecule has 7 heteroatoms. The third-order valence-corrected chi connectivity index (χ3v) is 0.567. The van der Waals surface area contributed by atoms with Crippen LogP contribution in [0.25, 0.3) is 0 Å². The molecule has 0 aromatic heterocycles. The van der Waals surface area contributed by atoms with E-state index in [4.69, 9.17) is 0 Å². The zero-order valence-electron chi connectivity index (χ0n) is 3.43. The van der Waals surface area contributed by atoms with Crippen LogP contribution in [0, 0.1) is 0 Å². The van der Waals surface area contributed by atoms with Crippen LogP contribution < -0.4 is 0 Å². The van der Waals surface area contributed by atoms with Gasteiger partial charge >= 0.3 is 22.4 Å². The predicted molar refractivity (Wildman–Crippen MR) is 16.8 cm³/mol. The molecule has 4 nitrogen and oxygen atoms in total. The van der Waals surface area contributed by atoms with E-state index in [2.05, 4.69) is 4.18 Å². The molecule has 0 aromatic carbocycles. The van der Waals surface area contributed by atoms with Crippen molar-refractivity contribution in [3.8, 4) is 0 Å². The molecule has 54 valence electrons. The monoisotopic (exact) mass is 236 g/mol. The van der Waals surface area contributed by atoms with E-state index < -0.39 is 17.3 Å². The van der Waals surface area contributed by atoms with Crippen molar-refractivity contribution < 1.29 is 43.9 Å². The fraction of sp³-hybridized carbons (Fsp3) is 1.00. The van der Waals surface area contributed by atoms with Gasteiger partial charge in [-0.25, -0.2) is 17.0 Å². The summed E-state index contributed by atoms with van der Waals surface area (Å²) in [7, 11) is -4.80. The van der Waals surface area contributed by atoms with Crippen LogP contribution in [-0.2, 0) is 37.0 Å². The van der Waals surface area contributed by atoms with Crippen LogP contribution in [0.1, 0.15) is 0 Å². The van der Waals surface area contributed by atoms with Crippen molar-refractivity contribution >= 4 is 10.4 Å². The average molecular weight is 237 g/mol. The first-order chi connectivity index (χ1) is 3.06. The summed E-state index contributed by atoms with van der Waals surface area (Å²) < 4.78 is 41.3. The molecule has 0 atom stereocenters. The standard InChI is InChI=1S/CH3FO4S.Ag/c2-1-6-7(3,4)5;/h1H2,(H,3,4,5);/q;+1/p-1. The van der Waals surface area contributed by atoms with Crippen molar-refractivity contribution in [1.29, 1.82) is 0 Å². The maximum Gasteiger partial charge on any atom is 1.00 e. The molecule has 0 radical (unpaired) electrons. The van der Waals surface area contributed by atoms with Gasteiger partial charge in [-0.15, -0.1) is 0 Å². The van der Waals surface area contributed by atoms with Crippen molar-refractivity contribution in [2.45, 2.75) is 0 Å². The third-order valence-electron chi connectivity index (χ3n) is 0.189. The van der Waals surface area contributed by atoms with Crippen LogP contribution >= 0.6 is 0 Å². The summed E-state index contributed by atoms with van der Waals surface area (Å²) in [5.74, 6) is 0. The first-order valence-corrected chi connectivity index (χ1v) is 2.56. The van der Waals surface area contributed by atoms with Gasteiger partial charge in [0.05, 0.1) is 0 Å².